The van der Waals surface area contributed by atoms with Gasteiger partial charge in [0.05, 0.1) is 0 Å². The fourth-order valence-corrected chi connectivity index (χ4v) is 2.15. The number of anilines is 1. The number of hydrogen-bond acceptors (Lipinski definition) is 4. The lowest BCUT2D eigenvalue weighted by atomic mass is 9.96. The van der Waals surface area contributed by atoms with Crippen molar-refractivity contribution in [2.24, 2.45) is 0 Å². The Kier molecular flexibility index (Phi) is 3.39. The first-order valence-electron chi connectivity index (χ1n) is 5.99. The van der Waals surface area contributed by atoms with E-state index < -0.39 is 0 Å². The van der Waals surface area contributed by atoms with Crippen molar-refractivity contribution in [3.05, 3.63) is 17.1 Å². The predicted molar refractivity (Wildman–Crippen MR) is 63.1 cm³/mol. The Balaban J connectivity index is 2.31. The van der Waals surface area contributed by atoms with Crippen LogP contribution in [0.3, 0.4) is 0 Å². The first-order chi connectivity index (χ1) is 7.72. The lowest BCUT2D eigenvalue weighted by Gasteiger charge is -2.19. The number of fused-ring (bicyclic) bond motifs is 1. The van der Waals surface area contributed by atoms with Crippen LogP contribution in [0.1, 0.15) is 49.9 Å². The molecule has 1 aromatic heterocycles. The molecule has 1 atom stereocenters. The highest BCUT2D eigenvalue weighted by molar-refractivity contribution is 5.43. The minimum atomic E-state index is -0.0699. The molecule has 2 rings (SSSR count). The fraction of sp³-hybridized carbons (Fsp3) is 0.667. The molecule has 0 bridgehead atoms. The molecule has 0 saturated carbocycles. The molecular formula is C12H19N3O. The number of aromatic nitrogens is 2. The number of rotatable bonds is 3. The quantitative estimate of drug-likeness (QED) is 0.848. The average molecular weight is 221 g/mol. The first kappa shape index (κ1) is 11.3. The van der Waals surface area contributed by atoms with Crippen LogP contribution in [-0.4, -0.2) is 16.6 Å². The molecule has 16 heavy (non-hydrogen) atoms. The van der Waals surface area contributed by atoms with Crippen LogP contribution in [0.15, 0.2) is 0 Å². The van der Waals surface area contributed by atoms with E-state index in [9.17, 15) is 0 Å². The summed E-state index contributed by atoms with van der Waals surface area (Å²) in [7, 11) is 0. The molecule has 1 unspecified atom stereocenters. The molecule has 1 aliphatic rings. The highest BCUT2D eigenvalue weighted by Gasteiger charge is 2.18. The molecule has 0 aliphatic heterocycles. The van der Waals surface area contributed by atoms with Gasteiger partial charge in [0.2, 0.25) is 0 Å². The second-order valence-electron chi connectivity index (χ2n) is 4.20. The largest absolute Gasteiger partial charge is 0.383 e. The Morgan fingerprint density at radius 3 is 2.81 bits per heavy atom. The Hall–Kier alpha value is -1.16. The van der Waals surface area contributed by atoms with E-state index in [4.69, 9.17) is 10.5 Å². The second kappa shape index (κ2) is 4.78. The van der Waals surface area contributed by atoms with Gasteiger partial charge in [-0.25, -0.2) is 9.97 Å². The minimum Gasteiger partial charge on any atom is -0.383 e. The van der Waals surface area contributed by atoms with Gasteiger partial charge in [-0.05, 0) is 39.5 Å². The molecule has 0 spiro atoms. The lowest BCUT2D eigenvalue weighted by molar-refractivity contribution is 0.0699. The number of nitrogen functional groups attached to an aromatic ring is 1. The van der Waals surface area contributed by atoms with Gasteiger partial charge in [0.25, 0.3) is 0 Å². The fourth-order valence-electron chi connectivity index (χ4n) is 2.15. The molecule has 0 radical (unpaired) electrons. The van der Waals surface area contributed by atoms with Crippen LogP contribution >= 0.6 is 0 Å². The van der Waals surface area contributed by atoms with E-state index in [1.54, 1.807) is 0 Å². The van der Waals surface area contributed by atoms with Crippen LogP contribution in [0.25, 0.3) is 0 Å². The summed E-state index contributed by atoms with van der Waals surface area (Å²) < 4.78 is 5.49. The number of nitrogens with two attached hydrogens (primary N) is 1. The van der Waals surface area contributed by atoms with E-state index >= 15 is 0 Å². The van der Waals surface area contributed by atoms with Gasteiger partial charge in [-0.2, -0.15) is 0 Å². The number of nitrogens with zero attached hydrogens (tertiary/aromatic N) is 2. The molecule has 4 heteroatoms. The Labute approximate surface area is 96.2 Å². The van der Waals surface area contributed by atoms with E-state index in [0.717, 1.165) is 29.9 Å². The third kappa shape index (κ3) is 2.16. The van der Waals surface area contributed by atoms with Gasteiger partial charge in [-0.15, -0.1) is 0 Å². The zero-order valence-electron chi connectivity index (χ0n) is 9.99. The van der Waals surface area contributed by atoms with Gasteiger partial charge in [0.15, 0.2) is 5.82 Å². The topological polar surface area (TPSA) is 61.0 Å². The van der Waals surface area contributed by atoms with Crippen LogP contribution in [-0.2, 0) is 17.6 Å². The first-order valence-corrected chi connectivity index (χ1v) is 5.99. The summed E-state index contributed by atoms with van der Waals surface area (Å²) in [4.78, 5) is 8.92. The van der Waals surface area contributed by atoms with E-state index in [2.05, 4.69) is 9.97 Å². The molecule has 4 nitrogen and oxygen atoms in total. The average Bonchev–Trinajstić information content (AvgIpc) is 2.29. The van der Waals surface area contributed by atoms with Crippen molar-refractivity contribution in [1.29, 1.82) is 0 Å². The van der Waals surface area contributed by atoms with Crippen molar-refractivity contribution in [2.45, 2.75) is 45.6 Å². The minimum absolute atomic E-state index is 0.0699. The normalized spacial score (nSPS) is 16.9. The van der Waals surface area contributed by atoms with Crippen molar-refractivity contribution in [2.75, 3.05) is 12.3 Å². The summed E-state index contributed by atoms with van der Waals surface area (Å²) in [5.41, 5.74) is 8.25. The van der Waals surface area contributed by atoms with Crippen molar-refractivity contribution in [1.82, 2.24) is 9.97 Å². The summed E-state index contributed by atoms with van der Waals surface area (Å²) in [6.45, 7) is 4.60. The maximum Gasteiger partial charge on any atom is 0.159 e. The molecule has 0 aromatic carbocycles. The van der Waals surface area contributed by atoms with Crippen molar-refractivity contribution < 1.29 is 4.74 Å². The van der Waals surface area contributed by atoms with Crippen LogP contribution < -0.4 is 5.73 Å². The van der Waals surface area contributed by atoms with E-state index in [1.165, 1.54) is 12.8 Å². The molecule has 0 amide bonds. The van der Waals surface area contributed by atoms with Crippen LogP contribution in [0, 0.1) is 0 Å². The monoisotopic (exact) mass is 221 g/mol. The molecule has 88 valence electrons. The predicted octanol–water partition coefficient (Wildman–Crippen LogP) is 2.04. The summed E-state index contributed by atoms with van der Waals surface area (Å²) in [6.07, 6.45) is 4.37. The SMILES string of the molecule is CCOC(C)c1nc(N)c2c(n1)CCCC2. The number of hydrogen-bond donors (Lipinski definition) is 1. The highest BCUT2D eigenvalue weighted by atomic mass is 16.5. The van der Waals surface area contributed by atoms with Gasteiger partial charge in [-0.3, -0.25) is 0 Å². The lowest BCUT2D eigenvalue weighted by Crippen LogP contribution is -2.15. The standard InChI is InChI=1S/C12H19N3O/c1-3-16-8(2)12-14-10-7-5-4-6-9(10)11(13)15-12/h8H,3-7H2,1-2H3,(H2,13,14,15). The smallest absolute Gasteiger partial charge is 0.159 e. The zero-order chi connectivity index (χ0) is 11.5. The van der Waals surface area contributed by atoms with Gasteiger partial charge in [0.1, 0.15) is 11.9 Å². The molecule has 2 N–H and O–H groups in total. The number of ether oxygens (including phenoxy) is 1. The van der Waals surface area contributed by atoms with Crippen molar-refractivity contribution in [3.63, 3.8) is 0 Å². The van der Waals surface area contributed by atoms with Gasteiger partial charge >= 0.3 is 0 Å². The summed E-state index contributed by atoms with van der Waals surface area (Å²) >= 11 is 0. The Morgan fingerprint density at radius 2 is 2.06 bits per heavy atom. The van der Waals surface area contributed by atoms with Crippen LogP contribution in [0.5, 0.6) is 0 Å². The van der Waals surface area contributed by atoms with E-state index in [1.807, 2.05) is 13.8 Å². The number of aryl methyl sites for hydroxylation is 1. The Morgan fingerprint density at radius 1 is 1.31 bits per heavy atom. The molecule has 0 saturated heterocycles. The molecule has 1 aromatic rings. The second-order valence-corrected chi connectivity index (χ2v) is 4.20. The highest BCUT2D eigenvalue weighted by Crippen LogP contribution is 2.25. The molecule has 0 fully saturated rings. The third-order valence-electron chi connectivity index (χ3n) is 3.01. The van der Waals surface area contributed by atoms with Crippen LogP contribution in [0.4, 0.5) is 5.82 Å². The van der Waals surface area contributed by atoms with Gasteiger partial charge < -0.3 is 10.5 Å². The third-order valence-corrected chi connectivity index (χ3v) is 3.01. The maximum atomic E-state index is 5.97. The van der Waals surface area contributed by atoms with Gasteiger partial charge in [0, 0.05) is 17.9 Å². The van der Waals surface area contributed by atoms with E-state index in [-0.39, 0.29) is 6.10 Å². The van der Waals surface area contributed by atoms with E-state index in [0.29, 0.717) is 12.4 Å². The Bertz CT molecular complexity index is 379. The molecule has 1 aliphatic carbocycles. The summed E-state index contributed by atoms with van der Waals surface area (Å²) in [5, 5.41) is 0. The summed E-state index contributed by atoms with van der Waals surface area (Å²) in [5.74, 6) is 1.37. The summed E-state index contributed by atoms with van der Waals surface area (Å²) in [6, 6.07) is 0. The van der Waals surface area contributed by atoms with Gasteiger partial charge in [-0.1, -0.05) is 0 Å². The molecule has 1 heterocycles. The van der Waals surface area contributed by atoms with Crippen LogP contribution in [0.2, 0.25) is 0 Å². The zero-order valence-corrected chi connectivity index (χ0v) is 9.99. The van der Waals surface area contributed by atoms with Crippen molar-refractivity contribution >= 4 is 5.82 Å². The van der Waals surface area contributed by atoms with Crippen molar-refractivity contribution in [3.8, 4) is 0 Å². The maximum absolute atomic E-state index is 5.97. The molecular weight excluding hydrogens is 202 g/mol.